The van der Waals surface area contributed by atoms with Gasteiger partial charge in [-0.15, -0.1) is 0 Å². The lowest BCUT2D eigenvalue weighted by molar-refractivity contribution is -0.134. The van der Waals surface area contributed by atoms with Crippen molar-refractivity contribution in [2.75, 3.05) is 26.2 Å². The Morgan fingerprint density at radius 1 is 1.60 bits per heavy atom. The molecule has 1 heterocycles. The summed E-state index contributed by atoms with van der Waals surface area (Å²) in [5.41, 5.74) is 0. The molecule has 1 saturated heterocycles. The van der Waals surface area contributed by atoms with E-state index in [1.165, 1.54) is 0 Å². The van der Waals surface area contributed by atoms with Crippen molar-refractivity contribution >= 4 is 5.91 Å². The molecule has 10 heavy (non-hydrogen) atoms. The topological polar surface area (TPSA) is 23.6 Å². The monoisotopic (exact) mass is 141 g/mol. The Hall–Kier alpha value is -0.570. The lowest BCUT2D eigenvalue weighted by Crippen LogP contribution is -2.47. The largest absolute Gasteiger partial charge is 0.341 e. The zero-order chi connectivity index (χ0) is 7.56. The van der Waals surface area contributed by atoms with E-state index < -0.39 is 0 Å². The molecule has 57 valence electrons. The van der Waals surface area contributed by atoms with Crippen molar-refractivity contribution in [1.82, 2.24) is 9.80 Å². The molecule has 0 aromatic rings. The van der Waals surface area contributed by atoms with Crippen molar-refractivity contribution in [3.05, 3.63) is 7.05 Å². The van der Waals surface area contributed by atoms with Gasteiger partial charge < -0.3 is 4.90 Å². The first kappa shape index (κ1) is 7.54. The number of carbonyl (C=O) groups is 1. The van der Waals surface area contributed by atoms with Gasteiger partial charge in [0.05, 0.1) is 6.54 Å². The molecule has 0 aliphatic carbocycles. The highest BCUT2D eigenvalue weighted by Crippen LogP contribution is 1.99. The molecule has 0 bridgehead atoms. The fourth-order valence-electron chi connectivity index (χ4n) is 1.09. The number of nitrogens with zero attached hydrogens (tertiary/aromatic N) is 2. The molecule has 0 unspecified atom stereocenters. The molecule has 3 nitrogen and oxygen atoms in total. The molecule has 0 atom stereocenters. The third kappa shape index (κ3) is 1.48. The molecule has 0 N–H and O–H groups in total. The van der Waals surface area contributed by atoms with Crippen LogP contribution in [-0.2, 0) is 4.79 Å². The van der Waals surface area contributed by atoms with E-state index in [1.807, 2.05) is 11.8 Å². The van der Waals surface area contributed by atoms with Crippen molar-refractivity contribution in [2.45, 2.75) is 6.92 Å². The van der Waals surface area contributed by atoms with Crippen LogP contribution in [0.1, 0.15) is 6.92 Å². The maximum absolute atomic E-state index is 11.1. The molecular weight excluding hydrogens is 128 g/mol. The van der Waals surface area contributed by atoms with Crippen LogP contribution >= 0.6 is 0 Å². The first-order valence-corrected chi connectivity index (χ1v) is 3.57. The van der Waals surface area contributed by atoms with Gasteiger partial charge in [-0.25, -0.2) is 0 Å². The molecule has 1 aliphatic heterocycles. The number of hydrogen-bond acceptors (Lipinski definition) is 2. The van der Waals surface area contributed by atoms with Gasteiger partial charge in [0.2, 0.25) is 5.91 Å². The SMILES string of the molecule is [CH2]N1CCN(CC)C(=O)C1. The molecule has 0 spiro atoms. The number of rotatable bonds is 1. The molecule has 3 heteroatoms. The highest BCUT2D eigenvalue weighted by atomic mass is 16.2. The number of likely N-dealkylation sites (N-methyl/N-ethyl adjacent to an activating group) is 1. The predicted molar refractivity (Wildman–Crippen MR) is 39.2 cm³/mol. The van der Waals surface area contributed by atoms with Gasteiger partial charge in [0.1, 0.15) is 0 Å². The van der Waals surface area contributed by atoms with Gasteiger partial charge >= 0.3 is 0 Å². The Bertz CT molecular complexity index is 136. The molecule has 0 aromatic carbocycles. The fourth-order valence-corrected chi connectivity index (χ4v) is 1.09. The van der Waals surface area contributed by atoms with Crippen LogP contribution in [0.3, 0.4) is 0 Å². The molecule has 1 radical (unpaired) electrons. The summed E-state index contributed by atoms with van der Waals surface area (Å²) in [6.07, 6.45) is 0. The first-order chi connectivity index (χ1) is 4.74. The van der Waals surface area contributed by atoms with E-state index in [0.717, 1.165) is 19.6 Å². The van der Waals surface area contributed by atoms with Crippen molar-refractivity contribution < 1.29 is 4.79 Å². The summed E-state index contributed by atoms with van der Waals surface area (Å²) in [4.78, 5) is 14.7. The van der Waals surface area contributed by atoms with Crippen LogP contribution in [0.25, 0.3) is 0 Å². The Morgan fingerprint density at radius 2 is 2.30 bits per heavy atom. The lowest BCUT2D eigenvalue weighted by Gasteiger charge is -2.30. The van der Waals surface area contributed by atoms with E-state index in [9.17, 15) is 4.79 Å². The van der Waals surface area contributed by atoms with Gasteiger partial charge in [-0.1, -0.05) is 0 Å². The first-order valence-electron chi connectivity index (χ1n) is 3.57. The predicted octanol–water partition coefficient (Wildman–Crippen LogP) is -0.0579. The minimum absolute atomic E-state index is 0.198. The van der Waals surface area contributed by atoms with Crippen molar-refractivity contribution in [1.29, 1.82) is 0 Å². The Kier molecular flexibility index (Phi) is 2.27. The van der Waals surface area contributed by atoms with Gasteiger partial charge in [0.25, 0.3) is 0 Å². The van der Waals surface area contributed by atoms with Crippen LogP contribution in [0.5, 0.6) is 0 Å². The normalized spacial score (nSPS) is 21.8. The second-order valence-corrected chi connectivity index (χ2v) is 2.53. The fraction of sp³-hybridized carbons (Fsp3) is 0.714. The van der Waals surface area contributed by atoms with Crippen molar-refractivity contribution in [2.24, 2.45) is 0 Å². The van der Waals surface area contributed by atoms with Crippen LogP contribution in [0, 0.1) is 7.05 Å². The van der Waals surface area contributed by atoms with Crippen LogP contribution in [-0.4, -0.2) is 41.9 Å². The zero-order valence-corrected chi connectivity index (χ0v) is 6.34. The van der Waals surface area contributed by atoms with Crippen LogP contribution < -0.4 is 0 Å². The summed E-state index contributed by atoms with van der Waals surface area (Å²) >= 11 is 0. The van der Waals surface area contributed by atoms with Gasteiger partial charge in [-0.2, -0.15) is 0 Å². The van der Waals surface area contributed by atoms with Gasteiger partial charge in [-0.3, -0.25) is 9.69 Å². The number of carbonyl (C=O) groups excluding carboxylic acids is 1. The van der Waals surface area contributed by atoms with Crippen molar-refractivity contribution in [3.63, 3.8) is 0 Å². The Morgan fingerprint density at radius 3 is 2.80 bits per heavy atom. The molecular formula is C7H13N2O. The van der Waals surface area contributed by atoms with Crippen LogP contribution in [0.2, 0.25) is 0 Å². The number of piperazine rings is 1. The second kappa shape index (κ2) is 3.01. The quantitative estimate of drug-likeness (QED) is 0.511. The Labute approximate surface area is 61.6 Å². The second-order valence-electron chi connectivity index (χ2n) is 2.53. The van der Waals surface area contributed by atoms with E-state index in [-0.39, 0.29) is 5.91 Å². The van der Waals surface area contributed by atoms with Crippen LogP contribution in [0.4, 0.5) is 0 Å². The van der Waals surface area contributed by atoms with Crippen LogP contribution in [0.15, 0.2) is 0 Å². The number of amides is 1. The third-order valence-corrected chi connectivity index (χ3v) is 1.78. The summed E-state index contributed by atoms with van der Waals surface area (Å²) in [5.74, 6) is 0.198. The summed E-state index contributed by atoms with van der Waals surface area (Å²) in [6, 6.07) is 0. The summed E-state index contributed by atoms with van der Waals surface area (Å²) < 4.78 is 0. The van der Waals surface area contributed by atoms with E-state index in [1.54, 1.807) is 4.90 Å². The van der Waals surface area contributed by atoms with Gasteiger partial charge in [-0.05, 0) is 6.92 Å². The highest BCUT2D eigenvalue weighted by Gasteiger charge is 2.19. The Balaban J connectivity index is 2.43. The average molecular weight is 141 g/mol. The molecule has 1 aliphatic rings. The standard InChI is InChI=1S/C7H13N2O/c1-3-9-5-4-8(2)6-7(9)10/h2-6H2,1H3. The maximum atomic E-state index is 11.1. The van der Waals surface area contributed by atoms with E-state index in [0.29, 0.717) is 6.54 Å². The minimum atomic E-state index is 0.198. The van der Waals surface area contributed by atoms with E-state index in [2.05, 4.69) is 7.05 Å². The molecule has 1 rings (SSSR count). The average Bonchev–Trinajstić information content (AvgIpc) is 1.88. The van der Waals surface area contributed by atoms with Gasteiger partial charge in [0, 0.05) is 26.7 Å². The lowest BCUT2D eigenvalue weighted by atomic mass is 10.3. The highest BCUT2D eigenvalue weighted by molar-refractivity contribution is 5.78. The summed E-state index contributed by atoms with van der Waals surface area (Å²) in [7, 11) is 3.70. The molecule has 1 fully saturated rings. The maximum Gasteiger partial charge on any atom is 0.236 e. The van der Waals surface area contributed by atoms with Crippen molar-refractivity contribution in [3.8, 4) is 0 Å². The molecule has 1 amide bonds. The zero-order valence-electron chi connectivity index (χ0n) is 6.34. The molecule has 0 saturated carbocycles. The minimum Gasteiger partial charge on any atom is -0.341 e. The summed E-state index contributed by atoms with van der Waals surface area (Å²) in [5, 5.41) is 0. The van der Waals surface area contributed by atoms with Gasteiger partial charge in [0.15, 0.2) is 0 Å². The number of hydrogen-bond donors (Lipinski definition) is 0. The van der Waals surface area contributed by atoms with E-state index in [4.69, 9.17) is 0 Å². The third-order valence-electron chi connectivity index (χ3n) is 1.78. The van der Waals surface area contributed by atoms with E-state index >= 15 is 0 Å². The summed E-state index contributed by atoms with van der Waals surface area (Å²) in [6.45, 7) is 5.04. The smallest absolute Gasteiger partial charge is 0.236 e. The molecule has 0 aromatic heterocycles.